The van der Waals surface area contributed by atoms with Gasteiger partial charge in [-0.05, 0) is 19.9 Å². The molecule has 0 aromatic heterocycles. The first-order valence-electron chi connectivity index (χ1n) is 4.34. The Hall–Kier alpha value is 0.01000. The zero-order chi connectivity index (χ0) is 9.23. The maximum Gasteiger partial charge on any atom is 0.0524 e. The number of aliphatic hydroxyl groups is 1. The Balaban J connectivity index is 2.86. The number of aliphatic hydroxyl groups excluding tert-OH is 1. The molecule has 0 aliphatic carbocycles. The van der Waals surface area contributed by atoms with Crippen LogP contribution in [0.25, 0.3) is 0 Å². The molecular weight excluding hydrogens is 170 g/mol. The van der Waals surface area contributed by atoms with Crippen LogP contribution in [0.4, 0.5) is 0 Å². The Morgan fingerprint density at radius 1 is 1.58 bits per heavy atom. The zero-order valence-corrected chi connectivity index (χ0v) is 8.57. The van der Waals surface area contributed by atoms with Gasteiger partial charge in [0.05, 0.1) is 6.10 Å². The van der Waals surface area contributed by atoms with Gasteiger partial charge in [-0.15, -0.1) is 6.58 Å². The molecule has 72 valence electrons. The second kappa shape index (κ2) is 9.10. The molecule has 0 radical (unpaired) electrons. The van der Waals surface area contributed by atoms with Gasteiger partial charge in [-0.2, -0.15) is 11.8 Å². The molecule has 1 unspecified atom stereocenters. The van der Waals surface area contributed by atoms with Crippen molar-refractivity contribution in [1.29, 1.82) is 0 Å². The van der Waals surface area contributed by atoms with Crippen LogP contribution in [0.2, 0.25) is 0 Å². The predicted molar refractivity (Wildman–Crippen MR) is 56.7 cm³/mol. The Labute approximate surface area is 79.4 Å². The zero-order valence-electron chi connectivity index (χ0n) is 7.75. The summed E-state index contributed by atoms with van der Waals surface area (Å²) in [5.41, 5.74) is 0. The van der Waals surface area contributed by atoms with Crippen molar-refractivity contribution >= 4 is 11.8 Å². The molecule has 0 aromatic carbocycles. The van der Waals surface area contributed by atoms with E-state index in [9.17, 15) is 0 Å². The first-order chi connectivity index (χ1) is 5.77. The molecule has 2 N–H and O–H groups in total. The van der Waals surface area contributed by atoms with Crippen LogP contribution in [0.15, 0.2) is 12.7 Å². The molecule has 1 atom stereocenters. The van der Waals surface area contributed by atoms with Gasteiger partial charge in [-0.3, -0.25) is 0 Å². The van der Waals surface area contributed by atoms with E-state index in [0.29, 0.717) is 0 Å². The van der Waals surface area contributed by atoms with Gasteiger partial charge in [0.2, 0.25) is 0 Å². The maximum absolute atomic E-state index is 8.93. The summed E-state index contributed by atoms with van der Waals surface area (Å²) in [4.78, 5) is 0. The summed E-state index contributed by atoms with van der Waals surface area (Å²) in [5, 5.41) is 12.2. The van der Waals surface area contributed by atoms with Crippen LogP contribution in [-0.4, -0.2) is 35.8 Å². The molecule has 0 aliphatic rings. The van der Waals surface area contributed by atoms with Crippen molar-refractivity contribution < 1.29 is 5.11 Å². The van der Waals surface area contributed by atoms with Crippen LogP contribution in [0.5, 0.6) is 0 Å². The first-order valence-corrected chi connectivity index (χ1v) is 5.50. The van der Waals surface area contributed by atoms with E-state index in [2.05, 4.69) is 11.9 Å². The first kappa shape index (κ1) is 12.0. The van der Waals surface area contributed by atoms with Gasteiger partial charge in [0, 0.05) is 18.1 Å². The van der Waals surface area contributed by atoms with Gasteiger partial charge in [-0.1, -0.05) is 6.08 Å². The lowest BCUT2D eigenvalue weighted by Crippen LogP contribution is -2.21. The van der Waals surface area contributed by atoms with Crippen LogP contribution < -0.4 is 5.32 Å². The van der Waals surface area contributed by atoms with Crippen molar-refractivity contribution in [2.75, 3.05) is 24.6 Å². The highest BCUT2D eigenvalue weighted by atomic mass is 32.2. The molecular formula is C9H19NOS. The van der Waals surface area contributed by atoms with Gasteiger partial charge in [0.25, 0.3) is 0 Å². The van der Waals surface area contributed by atoms with E-state index in [1.54, 1.807) is 0 Å². The molecule has 0 aromatic rings. The summed E-state index contributed by atoms with van der Waals surface area (Å²) in [6.07, 6.45) is 2.57. The topological polar surface area (TPSA) is 32.3 Å². The van der Waals surface area contributed by atoms with Gasteiger partial charge in [0.1, 0.15) is 0 Å². The van der Waals surface area contributed by atoms with Crippen LogP contribution in [-0.2, 0) is 0 Å². The van der Waals surface area contributed by atoms with Gasteiger partial charge in [0.15, 0.2) is 0 Å². The van der Waals surface area contributed by atoms with E-state index < -0.39 is 0 Å². The standard InChI is InChI=1S/C9H19NOS/c1-3-7-12-8-6-10-5-4-9(2)11/h3,9-11H,1,4-8H2,2H3. The third-order valence-electron chi connectivity index (χ3n) is 1.40. The van der Waals surface area contributed by atoms with E-state index in [1.807, 2.05) is 24.8 Å². The maximum atomic E-state index is 8.93. The number of rotatable bonds is 8. The van der Waals surface area contributed by atoms with E-state index >= 15 is 0 Å². The van der Waals surface area contributed by atoms with Gasteiger partial charge >= 0.3 is 0 Å². The summed E-state index contributed by atoms with van der Waals surface area (Å²) in [6, 6.07) is 0. The largest absolute Gasteiger partial charge is 0.393 e. The smallest absolute Gasteiger partial charge is 0.0524 e. The Bertz CT molecular complexity index is 107. The lowest BCUT2D eigenvalue weighted by Gasteiger charge is -2.05. The lowest BCUT2D eigenvalue weighted by molar-refractivity contribution is 0.184. The van der Waals surface area contributed by atoms with E-state index in [0.717, 1.165) is 31.0 Å². The molecule has 3 heteroatoms. The third-order valence-corrected chi connectivity index (χ3v) is 2.36. The molecule has 0 amide bonds. The van der Waals surface area contributed by atoms with Crippen LogP contribution in [0.1, 0.15) is 13.3 Å². The molecule has 12 heavy (non-hydrogen) atoms. The quantitative estimate of drug-likeness (QED) is 0.445. The van der Waals surface area contributed by atoms with Crippen molar-refractivity contribution in [3.8, 4) is 0 Å². The monoisotopic (exact) mass is 189 g/mol. The minimum Gasteiger partial charge on any atom is -0.393 e. The van der Waals surface area contributed by atoms with Crippen molar-refractivity contribution in [1.82, 2.24) is 5.32 Å². The summed E-state index contributed by atoms with van der Waals surface area (Å²) in [7, 11) is 0. The molecule has 2 nitrogen and oxygen atoms in total. The number of hydrogen-bond donors (Lipinski definition) is 2. The average Bonchev–Trinajstić information content (AvgIpc) is 2.02. The predicted octanol–water partition coefficient (Wildman–Crippen LogP) is 1.27. The summed E-state index contributed by atoms with van der Waals surface area (Å²) >= 11 is 1.87. The van der Waals surface area contributed by atoms with Crippen LogP contribution >= 0.6 is 11.8 Å². The normalized spacial score (nSPS) is 12.8. The average molecular weight is 189 g/mol. The van der Waals surface area contributed by atoms with Crippen LogP contribution in [0.3, 0.4) is 0 Å². The second-order valence-electron chi connectivity index (χ2n) is 2.75. The number of hydrogen-bond acceptors (Lipinski definition) is 3. The fourth-order valence-electron chi connectivity index (χ4n) is 0.747. The van der Waals surface area contributed by atoms with Crippen LogP contribution in [0, 0.1) is 0 Å². The molecule has 0 bridgehead atoms. The minimum absolute atomic E-state index is 0.182. The molecule has 0 saturated heterocycles. The fraction of sp³-hybridized carbons (Fsp3) is 0.778. The number of nitrogens with one attached hydrogen (secondary N) is 1. The van der Waals surface area contributed by atoms with Gasteiger partial charge in [-0.25, -0.2) is 0 Å². The van der Waals surface area contributed by atoms with E-state index in [-0.39, 0.29) is 6.10 Å². The highest BCUT2D eigenvalue weighted by molar-refractivity contribution is 7.99. The molecule has 0 spiro atoms. The minimum atomic E-state index is -0.182. The number of thioether (sulfide) groups is 1. The molecule has 0 saturated carbocycles. The van der Waals surface area contributed by atoms with Crippen molar-refractivity contribution in [3.63, 3.8) is 0 Å². The third kappa shape index (κ3) is 10.0. The highest BCUT2D eigenvalue weighted by Crippen LogP contribution is 1.97. The van der Waals surface area contributed by atoms with Gasteiger partial charge < -0.3 is 10.4 Å². The van der Waals surface area contributed by atoms with Crippen molar-refractivity contribution in [2.24, 2.45) is 0 Å². The lowest BCUT2D eigenvalue weighted by atomic mass is 10.3. The second-order valence-corrected chi connectivity index (χ2v) is 3.90. The Kier molecular flexibility index (Phi) is 9.11. The van der Waals surface area contributed by atoms with E-state index in [1.165, 1.54) is 0 Å². The molecule has 0 aliphatic heterocycles. The van der Waals surface area contributed by atoms with Crippen molar-refractivity contribution in [2.45, 2.75) is 19.4 Å². The van der Waals surface area contributed by atoms with E-state index in [4.69, 9.17) is 5.11 Å². The molecule has 0 fully saturated rings. The van der Waals surface area contributed by atoms with Crippen molar-refractivity contribution in [3.05, 3.63) is 12.7 Å². The Morgan fingerprint density at radius 2 is 2.33 bits per heavy atom. The Morgan fingerprint density at radius 3 is 2.92 bits per heavy atom. The molecule has 0 rings (SSSR count). The highest BCUT2D eigenvalue weighted by Gasteiger charge is 1.93. The summed E-state index contributed by atoms with van der Waals surface area (Å²) in [6.45, 7) is 7.39. The fourth-order valence-corrected chi connectivity index (χ4v) is 1.37. The SMILES string of the molecule is C=CCSCCNCCC(C)O. The summed E-state index contributed by atoms with van der Waals surface area (Å²) < 4.78 is 0. The summed E-state index contributed by atoms with van der Waals surface area (Å²) in [5.74, 6) is 2.14. The molecule has 0 heterocycles.